The Morgan fingerprint density at radius 1 is 0.500 bits per heavy atom. The van der Waals surface area contributed by atoms with Gasteiger partial charge in [-0.25, -0.2) is 0 Å². The van der Waals surface area contributed by atoms with Crippen LogP contribution >= 0.6 is 0 Å². The van der Waals surface area contributed by atoms with Crippen LogP contribution < -0.4 is 0 Å². The Morgan fingerprint density at radius 2 is 0.825 bits per heavy atom. The number of esters is 2. The lowest BCUT2D eigenvalue weighted by Crippen LogP contribution is -2.35. The van der Waals surface area contributed by atoms with E-state index in [4.69, 9.17) is 9.47 Å². The van der Waals surface area contributed by atoms with E-state index in [1.807, 2.05) is 0 Å². The van der Waals surface area contributed by atoms with Crippen LogP contribution in [0.4, 0.5) is 0 Å². The molecule has 0 bridgehead atoms. The van der Waals surface area contributed by atoms with Gasteiger partial charge in [0.05, 0.1) is 31.0 Å². The lowest BCUT2D eigenvalue weighted by molar-refractivity contribution is -0.164. The van der Waals surface area contributed by atoms with Crippen molar-refractivity contribution in [2.24, 2.45) is 17.8 Å². The monoisotopic (exact) mass is 566 g/mol. The molecule has 0 aromatic carbocycles. The number of aliphatic carboxylic acids is 1. The third-order valence-electron chi connectivity index (χ3n) is 8.53. The predicted octanol–water partition coefficient (Wildman–Crippen LogP) is 9.42. The Hall–Kier alpha value is -1.59. The zero-order chi connectivity index (χ0) is 29.3. The normalized spacial score (nSPS) is 18.6. The van der Waals surface area contributed by atoms with Crippen LogP contribution in [-0.4, -0.2) is 36.2 Å². The second-order valence-electron chi connectivity index (χ2n) is 12.1. The van der Waals surface area contributed by atoms with Crippen LogP contribution in [0.5, 0.6) is 0 Å². The molecule has 6 nitrogen and oxygen atoms in total. The number of ether oxygens (including phenoxy) is 2. The Morgan fingerprint density at radius 3 is 1.20 bits per heavy atom. The minimum atomic E-state index is -1.03. The van der Waals surface area contributed by atoms with E-state index in [1.165, 1.54) is 103 Å². The van der Waals surface area contributed by atoms with Crippen LogP contribution in [0.3, 0.4) is 0 Å². The molecular formula is C34H62O6. The lowest BCUT2D eigenvalue weighted by atomic mass is 9.89. The summed E-state index contributed by atoms with van der Waals surface area (Å²) in [6.45, 7) is 5.11. The molecule has 0 spiro atoms. The molecular weight excluding hydrogens is 504 g/mol. The van der Waals surface area contributed by atoms with Crippen LogP contribution in [0.1, 0.15) is 168 Å². The molecule has 6 heteroatoms. The fraction of sp³-hybridized carbons (Fsp3) is 0.912. The van der Waals surface area contributed by atoms with E-state index in [2.05, 4.69) is 13.8 Å². The summed E-state index contributed by atoms with van der Waals surface area (Å²) < 4.78 is 11.0. The van der Waals surface area contributed by atoms with Gasteiger partial charge in [-0.15, -0.1) is 0 Å². The maximum atomic E-state index is 12.8. The molecule has 0 aromatic rings. The van der Waals surface area contributed by atoms with E-state index in [0.717, 1.165) is 38.5 Å². The molecule has 0 radical (unpaired) electrons. The average Bonchev–Trinajstić information content (AvgIpc) is 3.40. The van der Waals surface area contributed by atoms with Crippen molar-refractivity contribution in [3.05, 3.63) is 0 Å². The SMILES string of the molecule is CCCCCCCCCCCCCOC(=O)C1CCC(C(=O)O)C1C(=O)OCCCCCCCCCCCCC. The van der Waals surface area contributed by atoms with Gasteiger partial charge in [-0.3, -0.25) is 14.4 Å². The molecule has 1 N–H and O–H groups in total. The molecule has 40 heavy (non-hydrogen) atoms. The quantitative estimate of drug-likeness (QED) is 0.0786. The minimum Gasteiger partial charge on any atom is -0.481 e. The molecule has 3 unspecified atom stereocenters. The Labute approximate surface area is 245 Å². The molecule has 0 aromatic heterocycles. The number of carboxylic acid groups (broad SMARTS) is 1. The van der Waals surface area contributed by atoms with Crippen molar-refractivity contribution in [3.8, 4) is 0 Å². The summed E-state index contributed by atoms with van der Waals surface area (Å²) in [5, 5.41) is 9.63. The van der Waals surface area contributed by atoms with Crippen molar-refractivity contribution >= 4 is 17.9 Å². The minimum absolute atomic E-state index is 0.291. The highest BCUT2D eigenvalue weighted by Crippen LogP contribution is 2.39. The summed E-state index contributed by atoms with van der Waals surface area (Å²) in [6.07, 6.45) is 27.4. The van der Waals surface area contributed by atoms with Gasteiger partial charge in [0, 0.05) is 0 Å². The Bertz CT molecular complexity index is 648. The molecule has 0 aliphatic heterocycles. The first-order valence-electron chi connectivity index (χ1n) is 17.1. The third kappa shape index (κ3) is 17.3. The largest absolute Gasteiger partial charge is 0.481 e. The molecule has 0 saturated heterocycles. The van der Waals surface area contributed by atoms with Crippen molar-refractivity contribution in [2.45, 2.75) is 168 Å². The van der Waals surface area contributed by atoms with Crippen LogP contribution in [-0.2, 0) is 23.9 Å². The second kappa shape index (κ2) is 25.1. The number of rotatable bonds is 27. The van der Waals surface area contributed by atoms with Crippen molar-refractivity contribution in [1.29, 1.82) is 0 Å². The maximum absolute atomic E-state index is 12.8. The topological polar surface area (TPSA) is 89.9 Å². The fourth-order valence-corrected chi connectivity index (χ4v) is 5.95. The lowest BCUT2D eigenvalue weighted by Gasteiger charge is -2.20. The molecule has 0 heterocycles. The molecule has 1 rings (SSSR count). The molecule has 1 fully saturated rings. The highest BCUT2D eigenvalue weighted by molar-refractivity contribution is 5.88. The van der Waals surface area contributed by atoms with Gasteiger partial charge in [0.1, 0.15) is 0 Å². The summed E-state index contributed by atoms with van der Waals surface area (Å²) >= 11 is 0. The Balaban J connectivity index is 2.19. The molecule has 0 amide bonds. The number of carbonyl (C=O) groups excluding carboxylic acids is 2. The number of carboxylic acids is 1. The van der Waals surface area contributed by atoms with Gasteiger partial charge in [-0.05, 0) is 25.7 Å². The summed E-state index contributed by atoms with van der Waals surface area (Å²) in [4.78, 5) is 37.4. The van der Waals surface area contributed by atoms with Crippen LogP contribution in [0.25, 0.3) is 0 Å². The molecule has 1 aliphatic carbocycles. The first-order valence-corrected chi connectivity index (χ1v) is 17.1. The highest BCUT2D eigenvalue weighted by Gasteiger charge is 2.49. The van der Waals surface area contributed by atoms with E-state index in [9.17, 15) is 19.5 Å². The van der Waals surface area contributed by atoms with Crippen LogP contribution in [0.15, 0.2) is 0 Å². The van der Waals surface area contributed by atoms with Gasteiger partial charge in [0.15, 0.2) is 0 Å². The maximum Gasteiger partial charge on any atom is 0.310 e. The van der Waals surface area contributed by atoms with Crippen LogP contribution in [0, 0.1) is 17.8 Å². The number of hydrogen-bond donors (Lipinski definition) is 1. The van der Waals surface area contributed by atoms with E-state index in [-0.39, 0.29) is 0 Å². The summed E-state index contributed by atoms with van der Waals surface area (Å²) in [5.74, 6) is -4.53. The summed E-state index contributed by atoms with van der Waals surface area (Å²) in [6, 6.07) is 0. The first kappa shape index (κ1) is 36.4. The van der Waals surface area contributed by atoms with Crippen molar-refractivity contribution in [2.75, 3.05) is 13.2 Å². The van der Waals surface area contributed by atoms with Gasteiger partial charge in [-0.1, -0.05) is 142 Å². The van der Waals surface area contributed by atoms with Gasteiger partial charge < -0.3 is 14.6 Å². The smallest absolute Gasteiger partial charge is 0.310 e. The van der Waals surface area contributed by atoms with Gasteiger partial charge in [0.2, 0.25) is 0 Å². The number of unbranched alkanes of at least 4 members (excludes halogenated alkanes) is 20. The van der Waals surface area contributed by atoms with Crippen molar-refractivity contribution < 1.29 is 29.0 Å². The summed E-state index contributed by atoms with van der Waals surface area (Å²) in [5.41, 5.74) is 0. The van der Waals surface area contributed by atoms with Crippen LogP contribution in [0.2, 0.25) is 0 Å². The van der Waals surface area contributed by atoms with Crippen molar-refractivity contribution in [3.63, 3.8) is 0 Å². The molecule has 234 valence electrons. The highest BCUT2D eigenvalue weighted by atomic mass is 16.5. The van der Waals surface area contributed by atoms with Gasteiger partial charge in [-0.2, -0.15) is 0 Å². The zero-order valence-corrected chi connectivity index (χ0v) is 26.1. The fourth-order valence-electron chi connectivity index (χ4n) is 5.95. The number of hydrogen-bond acceptors (Lipinski definition) is 5. The second-order valence-corrected chi connectivity index (χ2v) is 12.1. The standard InChI is InChI=1S/C34H62O6/c1-3-5-7-9-11-13-15-17-19-21-23-27-39-33(37)30-26-25-29(32(35)36)31(30)34(38)40-28-24-22-20-18-16-14-12-10-8-6-4-2/h29-31H,3-28H2,1-2H3,(H,35,36). The molecule has 1 aliphatic rings. The van der Waals surface area contributed by atoms with E-state index in [1.54, 1.807) is 0 Å². The van der Waals surface area contributed by atoms with E-state index < -0.39 is 35.7 Å². The van der Waals surface area contributed by atoms with Crippen molar-refractivity contribution in [1.82, 2.24) is 0 Å². The molecule has 1 saturated carbocycles. The van der Waals surface area contributed by atoms with E-state index >= 15 is 0 Å². The average molecular weight is 567 g/mol. The number of carbonyl (C=O) groups is 3. The summed E-state index contributed by atoms with van der Waals surface area (Å²) in [7, 11) is 0. The predicted molar refractivity (Wildman–Crippen MR) is 162 cm³/mol. The van der Waals surface area contributed by atoms with Gasteiger partial charge in [0.25, 0.3) is 0 Å². The Kier molecular flexibility index (Phi) is 22.9. The first-order chi connectivity index (χ1) is 19.5. The molecule has 3 atom stereocenters. The van der Waals surface area contributed by atoms with E-state index in [0.29, 0.717) is 26.1 Å². The van der Waals surface area contributed by atoms with Gasteiger partial charge >= 0.3 is 17.9 Å². The third-order valence-corrected chi connectivity index (χ3v) is 8.53. The zero-order valence-electron chi connectivity index (χ0n) is 26.1.